The largest absolute Gasteiger partial charge is 0.458 e. The van der Waals surface area contributed by atoms with Crippen molar-refractivity contribution in [2.45, 2.75) is 13.5 Å². The monoisotopic (exact) mass is 279 g/mol. The number of thiazole rings is 1. The smallest absolute Gasteiger partial charge is 0.217 e. The van der Waals surface area contributed by atoms with Crippen molar-refractivity contribution >= 4 is 28.3 Å². The molecule has 0 radical (unpaired) electrons. The molecule has 2 aromatic rings. The Bertz CT molecular complexity index is 604. The molecule has 2 rings (SSSR count). The number of carbonyl (C=O) groups excluding carboxylic acids is 1. The van der Waals surface area contributed by atoms with Crippen LogP contribution < -0.4 is 16.4 Å². The van der Waals surface area contributed by atoms with Crippen LogP contribution in [0.2, 0.25) is 0 Å². The molecule has 19 heavy (non-hydrogen) atoms. The summed E-state index contributed by atoms with van der Waals surface area (Å²) in [5, 5.41) is 14.7. The fraction of sp³-hybridized carbons (Fsp3) is 0.182. The predicted octanol–water partition coefficient (Wildman–Crippen LogP) is 1.34. The fourth-order valence-electron chi connectivity index (χ4n) is 1.38. The molecule has 0 atom stereocenters. The van der Waals surface area contributed by atoms with Crippen molar-refractivity contribution in [2.75, 3.05) is 5.32 Å². The minimum absolute atomic E-state index is 0.112. The summed E-state index contributed by atoms with van der Waals surface area (Å²) in [5.74, 6) is 0.985. The Labute approximate surface area is 113 Å². The van der Waals surface area contributed by atoms with E-state index in [1.165, 1.54) is 18.3 Å². The standard InChI is InChI=1S/C11H13N5O2S/c1-6(17)14-4-7-2-3-9(18-7)8-5-19-11(15-8)16-10(12)13/h2-3,5H,4H2,1H3,(H,14,17)(H4,12,13,15,16). The van der Waals surface area contributed by atoms with Gasteiger partial charge in [0.15, 0.2) is 16.9 Å². The van der Waals surface area contributed by atoms with Crippen LogP contribution in [0.5, 0.6) is 0 Å². The van der Waals surface area contributed by atoms with Crippen molar-refractivity contribution in [1.82, 2.24) is 10.3 Å². The minimum Gasteiger partial charge on any atom is -0.458 e. The second kappa shape index (κ2) is 5.53. The van der Waals surface area contributed by atoms with E-state index in [-0.39, 0.29) is 11.9 Å². The molecule has 0 spiro atoms. The molecule has 100 valence electrons. The summed E-state index contributed by atoms with van der Waals surface area (Å²) >= 11 is 1.33. The number of hydrogen-bond donors (Lipinski definition) is 4. The number of rotatable bonds is 4. The summed E-state index contributed by atoms with van der Waals surface area (Å²) in [6, 6.07) is 3.56. The van der Waals surface area contributed by atoms with Crippen molar-refractivity contribution in [3.8, 4) is 11.5 Å². The summed E-state index contributed by atoms with van der Waals surface area (Å²) in [7, 11) is 0. The molecule has 0 bridgehead atoms. The van der Waals surface area contributed by atoms with E-state index in [1.54, 1.807) is 17.5 Å². The van der Waals surface area contributed by atoms with E-state index in [9.17, 15) is 4.79 Å². The molecule has 8 heteroatoms. The van der Waals surface area contributed by atoms with Crippen LogP contribution in [0.4, 0.5) is 5.13 Å². The number of guanidine groups is 1. The molecule has 1 amide bonds. The van der Waals surface area contributed by atoms with Gasteiger partial charge in [-0.05, 0) is 12.1 Å². The summed E-state index contributed by atoms with van der Waals surface area (Å²) < 4.78 is 5.56. The number of amides is 1. The van der Waals surface area contributed by atoms with Crippen LogP contribution in [0.1, 0.15) is 12.7 Å². The summed E-state index contributed by atoms with van der Waals surface area (Å²) in [6.45, 7) is 1.79. The number of anilines is 1. The highest BCUT2D eigenvalue weighted by Crippen LogP contribution is 2.26. The first-order chi connectivity index (χ1) is 9.04. The number of nitrogens with one attached hydrogen (secondary N) is 3. The van der Waals surface area contributed by atoms with Gasteiger partial charge in [-0.1, -0.05) is 0 Å². The third-order valence-electron chi connectivity index (χ3n) is 2.17. The summed E-state index contributed by atoms with van der Waals surface area (Å²) in [4.78, 5) is 15.0. The SMILES string of the molecule is CC(=O)NCc1ccc(-c2csc(NC(=N)N)n2)o1. The van der Waals surface area contributed by atoms with Crippen molar-refractivity contribution in [3.63, 3.8) is 0 Å². The zero-order chi connectivity index (χ0) is 13.8. The highest BCUT2D eigenvalue weighted by molar-refractivity contribution is 7.14. The molecule has 2 aromatic heterocycles. The maximum atomic E-state index is 10.8. The highest BCUT2D eigenvalue weighted by Gasteiger charge is 2.09. The molecule has 0 aliphatic heterocycles. The van der Waals surface area contributed by atoms with E-state index < -0.39 is 0 Å². The molecule has 0 fully saturated rings. The molecule has 7 nitrogen and oxygen atoms in total. The van der Waals surface area contributed by atoms with Crippen LogP contribution in [0.15, 0.2) is 21.9 Å². The average Bonchev–Trinajstić information content (AvgIpc) is 2.93. The van der Waals surface area contributed by atoms with Gasteiger partial charge in [-0.3, -0.25) is 10.2 Å². The number of aromatic nitrogens is 1. The van der Waals surface area contributed by atoms with Gasteiger partial charge in [-0.25, -0.2) is 4.98 Å². The normalized spacial score (nSPS) is 10.2. The molecule has 5 N–H and O–H groups in total. The minimum atomic E-state index is -0.160. The predicted molar refractivity (Wildman–Crippen MR) is 72.9 cm³/mol. The van der Waals surface area contributed by atoms with E-state index in [4.69, 9.17) is 15.6 Å². The van der Waals surface area contributed by atoms with E-state index in [0.29, 0.717) is 28.9 Å². The first-order valence-electron chi connectivity index (χ1n) is 5.44. The number of nitrogens with zero attached hydrogens (tertiary/aromatic N) is 1. The molecular formula is C11H13N5O2S. The lowest BCUT2D eigenvalue weighted by Crippen LogP contribution is -2.20. The first-order valence-corrected chi connectivity index (χ1v) is 6.32. The van der Waals surface area contributed by atoms with Crippen molar-refractivity contribution in [1.29, 1.82) is 5.41 Å². The third kappa shape index (κ3) is 3.55. The first kappa shape index (κ1) is 13.1. The molecule has 0 saturated heterocycles. The summed E-state index contributed by atoms with van der Waals surface area (Å²) in [5.41, 5.74) is 5.88. The van der Waals surface area contributed by atoms with Crippen LogP contribution in [0, 0.1) is 5.41 Å². The van der Waals surface area contributed by atoms with Gasteiger partial charge in [0.1, 0.15) is 11.5 Å². The van der Waals surface area contributed by atoms with E-state index in [1.807, 2.05) is 0 Å². The van der Waals surface area contributed by atoms with Gasteiger partial charge >= 0.3 is 0 Å². The molecule has 0 aliphatic carbocycles. The Balaban J connectivity index is 2.07. The lowest BCUT2D eigenvalue weighted by atomic mass is 10.3. The van der Waals surface area contributed by atoms with Gasteiger partial charge in [0.25, 0.3) is 0 Å². The molecule has 0 unspecified atom stereocenters. The maximum absolute atomic E-state index is 10.8. The lowest BCUT2D eigenvalue weighted by Gasteiger charge is -1.97. The number of furan rings is 1. The Morgan fingerprint density at radius 1 is 1.58 bits per heavy atom. The Kier molecular flexibility index (Phi) is 3.81. The Morgan fingerprint density at radius 3 is 3.05 bits per heavy atom. The molecule has 2 heterocycles. The second-order valence-electron chi connectivity index (χ2n) is 3.75. The van der Waals surface area contributed by atoms with Crippen LogP contribution in [-0.2, 0) is 11.3 Å². The zero-order valence-corrected chi connectivity index (χ0v) is 11.0. The van der Waals surface area contributed by atoms with Crippen LogP contribution in [0.3, 0.4) is 0 Å². The molecule has 0 aliphatic rings. The van der Waals surface area contributed by atoms with Crippen molar-refractivity contribution in [3.05, 3.63) is 23.3 Å². The summed E-state index contributed by atoms with van der Waals surface area (Å²) in [6.07, 6.45) is 0. The van der Waals surface area contributed by atoms with Gasteiger partial charge in [0.2, 0.25) is 5.91 Å². The average molecular weight is 279 g/mol. The van der Waals surface area contributed by atoms with Gasteiger partial charge in [0.05, 0.1) is 6.54 Å². The third-order valence-corrected chi connectivity index (χ3v) is 2.93. The van der Waals surface area contributed by atoms with E-state index in [0.717, 1.165) is 0 Å². The van der Waals surface area contributed by atoms with Gasteiger partial charge in [0, 0.05) is 12.3 Å². The lowest BCUT2D eigenvalue weighted by molar-refractivity contribution is -0.119. The highest BCUT2D eigenvalue weighted by atomic mass is 32.1. The van der Waals surface area contributed by atoms with Gasteiger partial charge in [-0.2, -0.15) is 0 Å². The number of nitrogens with two attached hydrogens (primary N) is 1. The Morgan fingerprint density at radius 2 is 2.37 bits per heavy atom. The van der Waals surface area contributed by atoms with Crippen LogP contribution in [-0.4, -0.2) is 16.9 Å². The van der Waals surface area contributed by atoms with Crippen molar-refractivity contribution in [2.24, 2.45) is 5.73 Å². The van der Waals surface area contributed by atoms with Crippen LogP contribution >= 0.6 is 11.3 Å². The van der Waals surface area contributed by atoms with E-state index >= 15 is 0 Å². The second-order valence-corrected chi connectivity index (χ2v) is 4.61. The number of carbonyl (C=O) groups is 1. The Hall–Kier alpha value is -2.35. The zero-order valence-electron chi connectivity index (χ0n) is 10.2. The van der Waals surface area contributed by atoms with E-state index in [2.05, 4.69) is 15.6 Å². The van der Waals surface area contributed by atoms with Crippen molar-refractivity contribution < 1.29 is 9.21 Å². The quantitative estimate of drug-likeness (QED) is 0.498. The maximum Gasteiger partial charge on any atom is 0.217 e. The topological polar surface area (TPSA) is 117 Å². The van der Waals surface area contributed by atoms with Crippen LogP contribution in [0.25, 0.3) is 11.5 Å². The molecular weight excluding hydrogens is 266 g/mol. The number of hydrogen-bond acceptors (Lipinski definition) is 5. The fourth-order valence-corrected chi connectivity index (χ4v) is 2.09. The van der Waals surface area contributed by atoms with Gasteiger partial charge in [-0.15, -0.1) is 11.3 Å². The molecule has 0 aromatic carbocycles. The van der Waals surface area contributed by atoms with Gasteiger partial charge < -0.3 is 20.8 Å². The molecule has 0 saturated carbocycles.